The Morgan fingerprint density at radius 2 is 2.10 bits per heavy atom. The van der Waals surface area contributed by atoms with Crippen molar-refractivity contribution in [3.63, 3.8) is 0 Å². The smallest absolute Gasteiger partial charge is 0.231 e. The van der Waals surface area contributed by atoms with E-state index in [9.17, 15) is 4.79 Å². The Bertz CT molecular complexity index is 770. The Morgan fingerprint density at radius 3 is 2.95 bits per heavy atom. The fourth-order valence-electron chi connectivity index (χ4n) is 1.87. The van der Waals surface area contributed by atoms with Gasteiger partial charge in [0.1, 0.15) is 11.5 Å². The van der Waals surface area contributed by atoms with Gasteiger partial charge in [-0.1, -0.05) is 17.3 Å². The highest BCUT2D eigenvalue weighted by atomic mass is 79.9. The van der Waals surface area contributed by atoms with Gasteiger partial charge < -0.3 is 9.84 Å². The molecule has 0 aliphatic rings. The second-order valence-corrected chi connectivity index (χ2v) is 5.04. The Labute approximate surface area is 123 Å². The van der Waals surface area contributed by atoms with Crippen molar-refractivity contribution >= 4 is 38.6 Å². The molecular weight excluding hydrogens is 322 g/mol. The van der Waals surface area contributed by atoms with Gasteiger partial charge in [0.15, 0.2) is 5.58 Å². The Kier molecular flexibility index (Phi) is 3.47. The lowest BCUT2D eigenvalue weighted by Gasteiger charge is -2.04. The second kappa shape index (κ2) is 5.42. The molecule has 0 saturated heterocycles. The van der Waals surface area contributed by atoms with Gasteiger partial charge in [0.05, 0.1) is 10.9 Å². The highest BCUT2D eigenvalue weighted by molar-refractivity contribution is 9.10. The molecule has 3 rings (SSSR count). The summed E-state index contributed by atoms with van der Waals surface area (Å²) in [5.41, 5.74) is 1.29. The molecule has 0 fully saturated rings. The van der Waals surface area contributed by atoms with Gasteiger partial charge in [-0.05, 0) is 40.2 Å². The molecule has 5 nitrogen and oxygen atoms in total. The van der Waals surface area contributed by atoms with Crippen molar-refractivity contribution in [1.82, 2.24) is 10.1 Å². The van der Waals surface area contributed by atoms with Crippen molar-refractivity contribution in [3.05, 3.63) is 52.8 Å². The van der Waals surface area contributed by atoms with Gasteiger partial charge >= 0.3 is 0 Å². The number of nitrogens with one attached hydrogen (secondary N) is 1. The van der Waals surface area contributed by atoms with Crippen LogP contribution in [0, 0.1) is 0 Å². The highest BCUT2D eigenvalue weighted by Gasteiger charge is 2.13. The van der Waals surface area contributed by atoms with Gasteiger partial charge in [0, 0.05) is 11.6 Å². The fourth-order valence-corrected chi connectivity index (χ4v) is 2.23. The molecule has 0 radical (unpaired) electrons. The lowest BCUT2D eigenvalue weighted by molar-refractivity contribution is -0.115. The number of fused-ring (bicyclic) bond motifs is 1. The largest absolute Gasteiger partial charge is 0.356 e. The minimum atomic E-state index is -0.191. The Balaban J connectivity index is 1.78. The molecule has 2 heterocycles. The van der Waals surface area contributed by atoms with Crippen molar-refractivity contribution in [2.45, 2.75) is 6.42 Å². The van der Waals surface area contributed by atoms with E-state index in [1.54, 1.807) is 12.3 Å². The quantitative estimate of drug-likeness (QED) is 0.800. The predicted molar refractivity (Wildman–Crippen MR) is 78.3 cm³/mol. The number of hydrogen-bond acceptors (Lipinski definition) is 4. The van der Waals surface area contributed by atoms with Crippen LogP contribution in [0.15, 0.2) is 51.6 Å². The molecule has 0 spiro atoms. The number of benzene rings is 1. The summed E-state index contributed by atoms with van der Waals surface area (Å²) in [6.45, 7) is 0. The van der Waals surface area contributed by atoms with E-state index in [-0.39, 0.29) is 12.3 Å². The number of halogens is 1. The summed E-state index contributed by atoms with van der Waals surface area (Å²) in [6.07, 6.45) is 1.76. The molecule has 20 heavy (non-hydrogen) atoms. The SMILES string of the molecule is O=C(Cc1noc2ccccc12)Nc1ncccc1Br. The fraction of sp³-hybridized carbons (Fsp3) is 0.0714. The van der Waals surface area contributed by atoms with Crippen molar-refractivity contribution in [2.24, 2.45) is 0 Å². The number of aromatic nitrogens is 2. The number of hydrogen-bond donors (Lipinski definition) is 1. The number of para-hydroxylation sites is 1. The molecule has 0 saturated carbocycles. The monoisotopic (exact) mass is 331 g/mol. The molecule has 1 amide bonds. The second-order valence-electron chi connectivity index (χ2n) is 4.18. The lowest BCUT2D eigenvalue weighted by Crippen LogP contribution is -2.15. The lowest BCUT2D eigenvalue weighted by atomic mass is 10.1. The van der Waals surface area contributed by atoms with Gasteiger partial charge in [0.25, 0.3) is 0 Å². The summed E-state index contributed by atoms with van der Waals surface area (Å²) in [6, 6.07) is 11.0. The molecule has 0 aliphatic carbocycles. The van der Waals surface area contributed by atoms with Crippen LogP contribution in [-0.2, 0) is 11.2 Å². The van der Waals surface area contributed by atoms with E-state index in [1.165, 1.54) is 0 Å². The molecule has 0 aliphatic heterocycles. The zero-order valence-corrected chi connectivity index (χ0v) is 11.9. The first-order valence-electron chi connectivity index (χ1n) is 5.98. The number of anilines is 1. The van der Waals surface area contributed by atoms with E-state index in [1.807, 2.05) is 30.3 Å². The average molecular weight is 332 g/mol. The van der Waals surface area contributed by atoms with E-state index in [4.69, 9.17) is 4.52 Å². The van der Waals surface area contributed by atoms with E-state index < -0.39 is 0 Å². The van der Waals surface area contributed by atoms with Crippen molar-refractivity contribution in [3.8, 4) is 0 Å². The molecular formula is C14H10BrN3O2. The number of carbonyl (C=O) groups excluding carboxylic acids is 1. The summed E-state index contributed by atoms with van der Waals surface area (Å²) in [5, 5.41) is 7.52. The summed E-state index contributed by atoms with van der Waals surface area (Å²) in [5.74, 6) is 0.300. The first-order valence-corrected chi connectivity index (χ1v) is 6.77. The van der Waals surface area contributed by atoms with Gasteiger partial charge in [0.2, 0.25) is 5.91 Å². The van der Waals surface area contributed by atoms with Crippen molar-refractivity contribution in [2.75, 3.05) is 5.32 Å². The highest BCUT2D eigenvalue weighted by Crippen LogP contribution is 2.20. The number of nitrogens with zero attached hydrogens (tertiary/aromatic N) is 2. The van der Waals surface area contributed by atoms with Crippen LogP contribution in [0.1, 0.15) is 5.69 Å². The number of amides is 1. The van der Waals surface area contributed by atoms with Crippen LogP contribution in [-0.4, -0.2) is 16.0 Å². The summed E-state index contributed by atoms with van der Waals surface area (Å²) in [4.78, 5) is 16.1. The molecule has 2 aromatic heterocycles. The van der Waals surface area contributed by atoms with Crippen LogP contribution in [0.4, 0.5) is 5.82 Å². The topological polar surface area (TPSA) is 68.0 Å². The molecule has 3 aromatic rings. The Hall–Kier alpha value is -2.21. The maximum atomic E-state index is 12.0. The van der Waals surface area contributed by atoms with Crippen molar-refractivity contribution < 1.29 is 9.32 Å². The molecule has 0 unspecified atom stereocenters. The standard InChI is InChI=1S/C14H10BrN3O2/c15-10-5-3-7-16-14(10)17-13(19)8-11-9-4-1-2-6-12(9)20-18-11/h1-7H,8H2,(H,16,17,19). The van der Waals surface area contributed by atoms with Gasteiger partial charge in [-0.2, -0.15) is 0 Å². The first kappa shape index (κ1) is 12.8. The van der Waals surface area contributed by atoms with E-state index >= 15 is 0 Å². The van der Waals surface area contributed by atoms with Crippen LogP contribution in [0.3, 0.4) is 0 Å². The van der Waals surface area contributed by atoms with Crippen LogP contribution in [0.5, 0.6) is 0 Å². The normalized spacial score (nSPS) is 10.7. The molecule has 1 aromatic carbocycles. The number of carbonyl (C=O) groups is 1. The molecule has 1 N–H and O–H groups in total. The maximum absolute atomic E-state index is 12.0. The molecule has 0 atom stereocenters. The molecule has 0 bridgehead atoms. The number of pyridine rings is 1. The van der Waals surface area contributed by atoms with E-state index in [0.29, 0.717) is 17.1 Å². The maximum Gasteiger partial charge on any atom is 0.231 e. The minimum Gasteiger partial charge on any atom is -0.356 e. The third kappa shape index (κ3) is 2.55. The first-order chi connectivity index (χ1) is 9.74. The number of rotatable bonds is 3. The van der Waals surface area contributed by atoms with Gasteiger partial charge in [-0.15, -0.1) is 0 Å². The molecule has 100 valence electrons. The third-order valence-corrected chi connectivity index (χ3v) is 3.44. The minimum absolute atomic E-state index is 0.139. The zero-order chi connectivity index (χ0) is 13.9. The average Bonchev–Trinajstić information content (AvgIpc) is 2.85. The van der Waals surface area contributed by atoms with E-state index in [2.05, 4.69) is 31.4 Å². The van der Waals surface area contributed by atoms with Crippen molar-refractivity contribution in [1.29, 1.82) is 0 Å². The van der Waals surface area contributed by atoms with Crippen LogP contribution < -0.4 is 5.32 Å². The van der Waals surface area contributed by atoms with Crippen LogP contribution >= 0.6 is 15.9 Å². The van der Waals surface area contributed by atoms with Crippen LogP contribution in [0.25, 0.3) is 11.0 Å². The van der Waals surface area contributed by atoms with E-state index in [0.717, 1.165) is 9.86 Å². The third-order valence-electron chi connectivity index (χ3n) is 2.80. The summed E-state index contributed by atoms with van der Waals surface area (Å²) < 4.78 is 5.90. The predicted octanol–water partition coefficient (Wildman–Crippen LogP) is 3.17. The van der Waals surface area contributed by atoms with Gasteiger partial charge in [-0.25, -0.2) is 4.98 Å². The Morgan fingerprint density at radius 1 is 1.25 bits per heavy atom. The summed E-state index contributed by atoms with van der Waals surface area (Å²) in [7, 11) is 0. The van der Waals surface area contributed by atoms with Crippen LogP contribution in [0.2, 0.25) is 0 Å². The van der Waals surface area contributed by atoms with Gasteiger partial charge in [-0.3, -0.25) is 4.79 Å². The summed E-state index contributed by atoms with van der Waals surface area (Å²) >= 11 is 3.33. The molecule has 6 heteroatoms. The zero-order valence-electron chi connectivity index (χ0n) is 10.3.